The standard InChI is InChI=1S/C17H16ClN3O6/c1-10-7-12(4-5-13(10)18)27-9-15(23)20-19-8-11-3-6-14(22)17(26-2)16(11)21(24)25/h3-8,22H,9H2,1-2H3,(H,20,23)/b19-8+. The van der Waals surface area contributed by atoms with Gasteiger partial charge in [0.25, 0.3) is 5.91 Å². The molecular weight excluding hydrogens is 378 g/mol. The Bertz CT molecular complexity index is 900. The largest absolute Gasteiger partial charge is 0.504 e. The molecule has 0 radical (unpaired) electrons. The minimum atomic E-state index is -0.715. The van der Waals surface area contributed by atoms with Gasteiger partial charge in [0.1, 0.15) is 5.75 Å². The molecule has 2 N–H and O–H groups in total. The molecule has 2 aromatic rings. The summed E-state index contributed by atoms with van der Waals surface area (Å²) in [5.74, 6) is -0.768. The average Bonchev–Trinajstić information content (AvgIpc) is 2.63. The molecule has 142 valence electrons. The number of aryl methyl sites for hydroxylation is 1. The molecule has 0 saturated carbocycles. The molecule has 0 aromatic heterocycles. The van der Waals surface area contributed by atoms with E-state index in [1.54, 1.807) is 25.1 Å². The van der Waals surface area contributed by atoms with Crippen LogP contribution < -0.4 is 14.9 Å². The molecule has 2 aromatic carbocycles. The lowest BCUT2D eigenvalue weighted by molar-refractivity contribution is -0.386. The number of nitro groups is 1. The van der Waals surface area contributed by atoms with Crippen LogP contribution in [0.25, 0.3) is 0 Å². The number of ether oxygens (including phenoxy) is 2. The van der Waals surface area contributed by atoms with Crippen molar-refractivity contribution in [2.24, 2.45) is 5.10 Å². The predicted octanol–water partition coefficient (Wildman–Crippen LogP) is 2.80. The van der Waals surface area contributed by atoms with E-state index in [0.29, 0.717) is 10.8 Å². The fourth-order valence-corrected chi connectivity index (χ4v) is 2.25. The van der Waals surface area contributed by atoms with E-state index in [-0.39, 0.29) is 23.7 Å². The summed E-state index contributed by atoms with van der Waals surface area (Å²) in [4.78, 5) is 22.3. The van der Waals surface area contributed by atoms with Gasteiger partial charge in [-0.15, -0.1) is 0 Å². The van der Waals surface area contributed by atoms with E-state index >= 15 is 0 Å². The Morgan fingerprint density at radius 3 is 2.78 bits per heavy atom. The molecule has 10 heteroatoms. The van der Waals surface area contributed by atoms with Crippen LogP contribution in [0.2, 0.25) is 5.02 Å². The number of methoxy groups -OCH3 is 1. The first-order chi connectivity index (χ1) is 12.8. The first kappa shape index (κ1) is 20.0. The summed E-state index contributed by atoms with van der Waals surface area (Å²) in [7, 11) is 1.20. The maximum Gasteiger partial charge on any atom is 0.323 e. The monoisotopic (exact) mass is 393 g/mol. The van der Waals surface area contributed by atoms with Crippen molar-refractivity contribution >= 4 is 29.4 Å². The second kappa shape index (κ2) is 8.86. The minimum absolute atomic E-state index is 0.0456. The number of hydrazone groups is 1. The van der Waals surface area contributed by atoms with E-state index in [1.165, 1.54) is 19.2 Å². The molecule has 0 unspecified atom stereocenters. The van der Waals surface area contributed by atoms with Gasteiger partial charge in [-0.05, 0) is 42.8 Å². The van der Waals surface area contributed by atoms with Crippen molar-refractivity contribution in [1.82, 2.24) is 5.43 Å². The maximum absolute atomic E-state index is 11.8. The zero-order chi connectivity index (χ0) is 20.0. The van der Waals surface area contributed by atoms with E-state index in [9.17, 15) is 20.0 Å². The van der Waals surface area contributed by atoms with Gasteiger partial charge in [0, 0.05) is 5.02 Å². The van der Waals surface area contributed by atoms with E-state index in [4.69, 9.17) is 21.1 Å². The molecule has 9 nitrogen and oxygen atoms in total. The van der Waals surface area contributed by atoms with Gasteiger partial charge in [-0.25, -0.2) is 5.43 Å². The van der Waals surface area contributed by atoms with Crippen molar-refractivity contribution in [3.8, 4) is 17.2 Å². The number of hydrogen-bond donors (Lipinski definition) is 2. The first-order valence-corrected chi connectivity index (χ1v) is 7.96. The number of phenolic OH excluding ortho intramolecular Hbond substituents is 1. The summed E-state index contributed by atoms with van der Waals surface area (Å²) < 4.78 is 10.2. The van der Waals surface area contributed by atoms with Crippen LogP contribution in [0, 0.1) is 17.0 Å². The van der Waals surface area contributed by atoms with Gasteiger partial charge in [0.15, 0.2) is 12.4 Å². The highest BCUT2D eigenvalue weighted by molar-refractivity contribution is 6.31. The Morgan fingerprint density at radius 2 is 2.15 bits per heavy atom. The lowest BCUT2D eigenvalue weighted by atomic mass is 10.1. The fraction of sp³-hybridized carbons (Fsp3) is 0.176. The van der Waals surface area contributed by atoms with Gasteiger partial charge in [0.2, 0.25) is 5.75 Å². The normalized spacial score (nSPS) is 10.6. The molecule has 0 heterocycles. The molecule has 27 heavy (non-hydrogen) atoms. The third-order valence-electron chi connectivity index (χ3n) is 3.42. The molecular formula is C17H16ClN3O6. The van der Waals surface area contributed by atoms with E-state index < -0.39 is 16.5 Å². The van der Waals surface area contributed by atoms with Crippen LogP contribution in [-0.4, -0.2) is 35.9 Å². The van der Waals surface area contributed by atoms with Gasteiger partial charge in [-0.3, -0.25) is 14.9 Å². The number of phenols is 1. The highest BCUT2D eigenvalue weighted by Gasteiger charge is 2.23. The Balaban J connectivity index is 2.01. The van der Waals surface area contributed by atoms with E-state index in [2.05, 4.69) is 10.5 Å². The second-order valence-corrected chi connectivity index (χ2v) is 5.71. The number of aromatic hydroxyl groups is 1. The molecule has 0 bridgehead atoms. The lowest BCUT2D eigenvalue weighted by Gasteiger charge is -2.07. The number of amides is 1. The molecule has 1 amide bonds. The molecule has 0 aliphatic rings. The van der Waals surface area contributed by atoms with Crippen molar-refractivity contribution in [1.29, 1.82) is 0 Å². The van der Waals surface area contributed by atoms with Crippen LogP contribution in [-0.2, 0) is 4.79 Å². The summed E-state index contributed by atoms with van der Waals surface area (Å²) in [5.41, 5.74) is 2.58. The van der Waals surface area contributed by atoms with Crippen LogP contribution in [0.15, 0.2) is 35.4 Å². The molecule has 0 aliphatic carbocycles. The van der Waals surface area contributed by atoms with Crippen molar-refractivity contribution < 1.29 is 24.3 Å². The first-order valence-electron chi connectivity index (χ1n) is 7.58. The number of hydrogen-bond acceptors (Lipinski definition) is 7. The zero-order valence-corrected chi connectivity index (χ0v) is 15.2. The average molecular weight is 394 g/mol. The van der Waals surface area contributed by atoms with Crippen molar-refractivity contribution in [2.75, 3.05) is 13.7 Å². The van der Waals surface area contributed by atoms with Crippen LogP contribution in [0.4, 0.5) is 5.69 Å². The number of halogens is 1. The van der Waals surface area contributed by atoms with E-state index in [1.807, 2.05) is 0 Å². The van der Waals surface area contributed by atoms with Crippen molar-refractivity contribution in [3.05, 3.63) is 56.6 Å². The SMILES string of the molecule is COc1c(O)ccc(/C=N/NC(=O)COc2ccc(Cl)c(C)c2)c1[N+](=O)[O-]. The Kier molecular flexibility index (Phi) is 6.56. The summed E-state index contributed by atoms with van der Waals surface area (Å²) in [6.45, 7) is 1.50. The third kappa shape index (κ3) is 5.08. The molecule has 0 fully saturated rings. The summed E-state index contributed by atoms with van der Waals surface area (Å²) in [5, 5.41) is 25.1. The van der Waals surface area contributed by atoms with Gasteiger partial charge in [-0.2, -0.15) is 5.10 Å². The molecule has 2 rings (SSSR count). The van der Waals surface area contributed by atoms with Gasteiger partial charge in [0.05, 0.1) is 23.8 Å². The quantitative estimate of drug-likeness (QED) is 0.423. The number of nitrogens with zero attached hydrogens (tertiary/aromatic N) is 2. The Morgan fingerprint density at radius 1 is 1.41 bits per heavy atom. The predicted molar refractivity (Wildman–Crippen MR) is 98.7 cm³/mol. The van der Waals surface area contributed by atoms with Crippen LogP contribution >= 0.6 is 11.6 Å². The summed E-state index contributed by atoms with van der Waals surface area (Å²) in [6.07, 6.45) is 1.07. The van der Waals surface area contributed by atoms with Gasteiger partial charge in [-0.1, -0.05) is 11.6 Å². The smallest absolute Gasteiger partial charge is 0.323 e. The number of carbonyl (C=O) groups excluding carboxylic acids is 1. The van der Waals surface area contributed by atoms with Gasteiger partial charge < -0.3 is 14.6 Å². The minimum Gasteiger partial charge on any atom is -0.504 e. The Labute approximate surface area is 159 Å². The number of benzene rings is 2. The third-order valence-corrected chi connectivity index (χ3v) is 3.84. The summed E-state index contributed by atoms with van der Waals surface area (Å²) in [6, 6.07) is 7.46. The topological polar surface area (TPSA) is 123 Å². The molecule has 0 saturated heterocycles. The molecule has 0 aliphatic heterocycles. The van der Waals surface area contributed by atoms with Crippen molar-refractivity contribution in [3.63, 3.8) is 0 Å². The lowest BCUT2D eigenvalue weighted by Crippen LogP contribution is -2.24. The fourth-order valence-electron chi connectivity index (χ4n) is 2.13. The van der Waals surface area contributed by atoms with Crippen LogP contribution in [0.5, 0.6) is 17.2 Å². The number of nitro benzene ring substituents is 1. The zero-order valence-electron chi connectivity index (χ0n) is 14.4. The summed E-state index contributed by atoms with van der Waals surface area (Å²) >= 11 is 5.91. The highest BCUT2D eigenvalue weighted by Crippen LogP contribution is 2.37. The number of rotatable bonds is 7. The molecule has 0 spiro atoms. The maximum atomic E-state index is 11.8. The highest BCUT2D eigenvalue weighted by atomic mass is 35.5. The van der Waals surface area contributed by atoms with Gasteiger partial charge >= 0.3 is 5.69 Å². The number of carbonyl (C=O) groups is 1. The van der Waals surface area contributed by atoms with Crippen molar-refractivity contribution in [2.45, 2.75) is 6.92 Å². The van der Waals surface area contributed by atoms with E-state index in [0.717, 1.165) is 11.8 Å². The van der Waals surface area contributed by atoms with Crippen LogP contribution in [0.3, 0.4) is 0 Å². The molecule has 0 atom stereocenters. The number of nitrogens with one attached hydrogen (secondary N) is 1. The second-order valence-electron chi connectivity index (χ2n) is 5.31. The Hall–Kier alpha value is -3.33. The van der Waals surface area contributed by atoms with Crippen LogP contribution in [0.1, 0.15) is 11.1 Å².